The lowest BCUT2D eigenvalue weighted by Crippen LogP contribution is -2.01. The Kier molecular flexibility index (Phi) is 6.70. The molecule has 0 spiro atoms. The average molecular weight is 437 g/mol. The van der Waals surface area contributed by atoms with E-state index in [9.17, 15) is 0 Å². The minimum Gasteiger partial charge on any atom is -0.269 e. The fourth-order valence-corrected chi connectivity index (χ4v) is 4.84. The molecule has 0 aliphatic heterocycles. The van der Waals surface area contributed by atoms with Crippen molar-refractivity contribution in [1.29, 1.82) is 0 Å². The smallest absolute Gasteiger partial charge is 0.119 e. The van der Waals surface area contributed by atoms with Gasteiger partial charge in [0.15, 0.2) is 0 Å². The van der Waals surface area contributed by atoms with E-state index in [1.54, 1.807) is 0 Å². The molecule has 0 amide bonds. The van der Waals surface area contributed by atoms with Gasteiger partial charge < -0.3 is 0 Å². The fraction of sp³-hybridized carbons (Fsp3) is 0.292. The van der Waals surface area contributed by atoms with Crippen molar-refractivity contribution < 1.29 is 0 Å². The maximum absolute atomic E-state index is 5.82. The highest BCUT2D eigenvalue weighted by Gasteiger charge is 2.20. The summed E-state index contributed by atoms with van der Waals surface area (Å²) in [6, 6.07) is 14.6. The van der Waals surface area contributed by atoms with Crippen molar-refractivity contribution in [3.05, 3.63) is 60.6 Å². The van der Waals surface area contributed by atoms with Crippen molar-refractivity contribution in [3.63, 3.8) is 0 Å². The number of thioether (sulfide) groups is 1. The third-order valence-corrected chi connectivity index (χ3v) is 6.43. The molecule has 154 valence electrons. The molecule has 4 nitrogen and oxygen atoms in total. The zero-order valence-electron chi connectivity index (χ0n) is 17.3. The van der Waals surface area contributed by atoms with Gasteiger partial charge in [0.25, 0.3) is 0 Å². The molecular weight excluding hydrogens is 412 g/mol. The Morgan fingerprint density at radius 3 is 2.73 bits per heavy atom. The number of aromatic nitrogens is 4. The molecular formula is C24H25ClN4S. The minimum absolute atomic E-state index is 0.695. The predicted molar refractivity (Wildman–Crippen MR) is 127 cm³/mol. The molecule has 4 rings (SSSR count). The van der Waals surface area contributed by atoms with Gasteiger partial charge in [0.2, 0.25) is 0 Å². The first-order chi connectivity index (χ1) is 14.7. The molecule has 0 radical (unpaired) electrons. The summed E-state index contributed by atoms with van der Waals surface area (Å²) in [5, 5.41) is 6.07. The molecule has 0 aliphatic rings. The Labute approximate surface area is 186 Å². The second kappa shape index (κ2) is 9.63. The maximum atomic E-state index is 5.82. The standard InChI is InChI=1S/C24H25ClN4S/c1-3-14-29-17(2)23(24(28-29)21-7-4-5-12-26-21)20-10-13-27-22-16-18(8-9-19(20)22)30-15-6-11-25/h4-5,7-10,12-13,16H,3,6,11,14-15H2,1-2H3. The Balaban J connectivity index is 1.85. The highest BCUT2D eigenvalue weighted by Crippen LogP contribution is 2.38. The second-order valence-electron chi connectivity index (χ2n) is 7.18. The number of rotatable bonds is 8. The minimum atomic E-state index is 0.695. The van der Waals surface area contributed by atoms with Crippen molar-refractivity contribution in [2.45, 2.75) is 38.1 Å². The Hall–Kier alpha value is -2.37. The Morgan fingerprint density at radius 2 is 1.97 bits per heavy atom. The SMILES string of the molecule is CCCn1nc(-c2ccccn2)c(-c2ccnc3cc(SCCCCl)ccc23)c1C. The predicted octanol–water partition coefficient (Wildman–Crippen LogP) is 6.60. The average Bonchev–Trinajstić information content (AvgIpc) is 3.10. The van der Waals surface area contributed by atoms with Crippen molar-refractivity contribution >= 4 is 34.3 Å². The quantitative estimate of drug-likeness (QED) is 0.177. The Bertz CT molecular complexity index is 1140. The molecule has 0 atom stereocenters. The van der Waals surface area contributed by atoms with E-state index in [1.165, 1.54) is 4.90 Å². The summed E-state index contributed by atoms with van der Waals surface area (Å²) in [5.41, 5.74) is 6.26. The van der Waals surface area contributed by atoms with Crippen LogP contribution >= 0.6 is 23.4 Å². The van der Waals surface area contributed by atoms with Crippen LogP contribution in [0.15, 0.2) is 59.8 Å². The molecule has 0 aliphatic carbocycles. The van der Waals surface area contributed by atoms with Crippen LogP contribution in [0, 0.1) is 6.92 Å². The van der Waals surface area contributed by atoms with Gasteiger partial charge in [-0.1, -0.05) is 19.1 Å². The molecule has 30 heavy (non-hydrogen) atoms. The number of hydrogen-bond acceptors (Lipinski definition) is 4. The van der Waals surface area contributed by atoms with E-state index in [-0.39, 0.29) is 0 Å². The molecule has 0 saturated heterocycles. The van der Waals surface area contributed by atoms with Gasteiger partial charge in [-0.2, -0.15) is 5.10 Å². The first-order valence-electron chi connectivity index (χ1n) is 10.3. The van der Waals surface area contributed by atoms with Crippen molar-refractivity contribution in [1.82, 2.24) is 19.7 Å². The van der Waals surface area contributed by atoms with Gasteiger partial charge in [-0.05, 0) is 61.4 Å². The summed E-state index contributed by atoms with van der Waals surface area (Å²) in [6.07, 6.45) is 5.75. The van der Waals surface area contributed by atoms with Gasteiger partial charge in [0.1, 0.15) is 5.69 Å². The van der Waals surface area contributed by atoms with Gasteiger partial charge >= 0.3 is 0 Å². The van der Waals surface area contributed by atoms with E-state index in [1.807, 2.05) is 42.4 Å². The Morgan fingerprint density at radius 1 is 1.07 bits per heavy atom. The van der Waals surface area contributed by atoms with Crippen LogP contribution in [0.1, 0.15) is 25.5 Å². The van der Waals surface area contributed by atoms with E-state index in [0.717, 1.165) is 64.3 Å². The van der Waals surface area contributed by atoms with Crippen LogP contribution in [-0.2, 0) is 6.54 Å². The zero-order valence-corrected chi connectivity index (χ0v) is 18.9. The molecule has 3 aromatic heterocycles. The van der Waals surface area contributed by atoms with Crippen molar-refractivity contribution in [2.75, 3.05) is 11.6 Å². The van der Waals surface area contributed by atoms with Gasteiger partial charge in [0, 0.05) is 46.4 Å². The molecule has 0 N–H and O–H groups in total. The lowest BCUT2D eigenvalue weighted by Gasteiger charge is -2.10. The fourth-order valence-electron chi connectivity index (χ4n) is 3.66. The molecule has 0 fully saturated rings. The third kappa shape index (κ3) is 4.23. The van der Waals surface area contributed by atoms with Crippen molar-refractivity contribution in [3.8, 4) is 22.5 Å². The summed E-state index contributed by atoms with van der Waals surface area (Å²) in [6.45, 7) is 5.20. The van der Waals surface area contributed by atoms with E-state index >= 15 is 0 Å². The van der Waals surface area contributed by atoms with Gasteiger partial charge in [-0.3, -0.25) is 14.6 Å². The van der Waals surface area contributed by atoms with E-state index in [0.29, 0.717) is 5.88 Å². The van der Waals surface area contributed by atoms with Crippen LogP contribution in [0.4, 0.5) is 0 Å². The van der Waals surface area contributed by atoms with Crippen LogP contribution < -0.4 is 0 Å². The summed E-state index contributed by atoms with van der Waals surface area (Å²) in [5.74, 6) is 1.71. The maximum Gasteiger partial charge on any atom is 0.119 e. The molecule has 0 saturated carbocycles. The lowest BCUT2D eigenvalue weighted by atomic mass is 9.98. The number of nitrogens with zero attached hydrogens (tertiary/aromatic N) is 4. The van der Waals surface area contributed by atoms with Crippen LogP contribution in [0.25, 0.3) is 33.4 Å². The summed E-state index contributed by atoms with van der Waals surface area (Å²) in [4.78, 5) is 10.5. The first kappa shape index (κ1) is 20.9. The number of benzene rings is 1. The van der Waals surface area contributed by atoms with Gasteiger partial charge in [-0.15, -0.1) is 23.4 Å². The number of hydrogen-bond donors (Lipinski definition) is 0. The third-order valence-electron chi connectivity index (χ3n) is 5.08. The van der Waals surface area contributed by atoms with E-state index in [2.05, 4.69) is 52.8 Å². The topological polar surface area (TPSA) is 43.6 Å². The van der Waals surface area contributed by atoms with Crippen LogP contribution in [0.2, 0.25) is 0 Å². The lowest BCUT2D eigenvalue weighted by molar-refractivity contribution is 0.589. The summed E-state index contributed by atoms with van der Waals surface area (Å²) < 4.78 is 2.10. The van der Waals surface area contributed by atoms with Crippen LogP contribution in [-0.4, -0.2) is 31.4 Å². The summed E-state index contributed by atoms with van der Waals surface area (Å²) in [7, 11) is 0. The molecule has 4 aromatic rings. The first-order valence-corrected chi connectivity index (χ1v) is 11.8. The normalized spacial score (nSPS) is 11.3. The number of fused-ring (bicyclic) bond motifs is 1. The number of alkyl halides is 1. The van der Waals surface area contributed by atoms with E-state index in [4.69, 9.17) is 16.7 Å². The largest absolute Gasteiger partial charge is 0.269 e. The van der Waals surface area contributed by atoms with Crippen LogP contribution in [0.5, 0.6) is 0 Å². The highest BCUT2D eigenvalue weighted by molar-refractivity contribution is 7.99. The summed E-state index contributed by atoms with van der Waals surface area (Å²) >= 11 is 7.64. The van der Waals surface area contributed by atoms with Crippen LogP contribution in [0.3, 0.4) is 0 Å². The molecule has 3 heterocycles. The number of halogens is 1. The number of pyridine rings is 2. The highest BCUT2D eigenvalue weighted by atomic mass is 35.5. The van der Waals surface area contributed by atoms with Gasteiger partial charge in [0.05, 0.1) is 11.2 Å². The van der Waals surface area contributed by atoms with Crippen molar-refractivity contribution in [2.24, 2.45) is 0 Å². The molecule has 6 heteroatoms. The van der Waals surface area contributed by atoms with E-state index < -0.39 is 0 Å². The monoisotopic (exact) mass is 436 g/mol. The second-order valence-corrected chi connectivity index (χ2v) is 8.72. The zero-order chi connectivity index (χ0) is 20.9. The molecule has 1 aromatic carbocycles. The molecule has 0 bridgehead atoms. The number of aryl methyl sites for hydroxylation is 1. The van der Waals surface area contributed by atoms with Gasteiger partial charge in [-0.25, -0.2) is 0 Å². The molecule has 0 unspecified atom stereocenters.